The summed E-state index contributed by atoms with van der Waals surface area (Å²) in [6.07, 6.45) is 0. The van der Waals surface area contributed by atoms with Crippen molar-refractivity contribution in [2.24, 2.45) is 0 Å². The maximum atomic E-state index is 2.50. The predicted octanol–water partition coefficient (Wildman–Crippen LogP) is 18.5. The van der Waals surface area contributed by atoms with Gasteiger partial charge in [-0.25, -0.2) is 0 Å². The molecule has 324 valence electrons. The highest BCUT2D eigenvalue weighted by molar-refractivity contribution is 6.38. The Hall–Kier alpha value is -8.72. The molecule has 13 aromatic rings. The van der Waals surface area contributed by atoms with E-state index in [1.165, 1.54) is 115 Å². The number of rotatable bonds is 6. The number of hydrogen-bond acceptors (Lipinski definition) is 1. The first-order valence-electron chi connectivity index (χ1n) is 24.1. The molecule has 0 fully saturated rings. The van der Waals surface area contributed by atoms with Crippen molar-refractivity contribution >= 4 is 82.0 Å². The molecule has 1 aliphatic rings. The van der Waals surface area contributed by atoms with Crippen LogP contribution in [-0.4, -0.2) is 4.57 Å². The van der Waals surface area contributed by atoms with Gasteiger partial charge >= 0.3 is 0 Å². The zero-order valence-corrected chi connectivity index (χ0v) is 38.5. The van der Waals surface area contributed by atoms with Gasteiger partial charge in [0.15, 0.2) is 0 Å². The summed E-state index contributed by atoms with van der Waals surface area (Å²) >= 11 is 0. The van der Waals surface area contributed by atoms with Crippen LogP contribution in [0.5, 0.6) is 0 Å². The van der Waals surface area contributed by atoms with Gasteiger partial charge in [-0.15, -0.1) is 0 Å². The number of fused-ring (bicyclic) bond motifs is 14. The van der Waals surface area contributed by atoms with E-state index in [-0.39, 0.29) is 5.41 Å². The van der Waals surface area contributed by atoms with E-state index in [9.17, 15) is 0 Å². The topological polar surface area (TPSA) is 8.17 Å². The molecule has 0 amide bonds. The van der Waals surface area contributed by atoms with Crippen LogP contribution in [0.15, 0.2) is 243 Å². The Morgan fingerprint density at radius 3 is 1.70 bits per heavy atom. The van der Waals surface area contributed by atoms with Crippen molar-refractivity contribution in [2.45, 2.75) is 19.3 Å². The van der Waals surface area contributed by atoms with Crippen LogP contribution < -0.4 is 4.90 Å². The van der Waals surface area contributed by atoms with Gasteiger partial charge in [0, 0.05) is 49.7 Å². The number of anilines is 3. The third-order valence-electron chi connectivity index (χ3n) is 15.1. The molecule has 0 saturated heterocycles. The molecule has 14 rings (SSSR count). The average Bonchev–Trinajstić information content (AvgIpc) is 3.87. The highest BCUT2D eigenvalue weighted by atomic mass is 15.1. The van der Waals surface area contributed by atoms with Crippen molar-refractivity contribution in [3.05, 3.63) is 254 Å². The van der Waals surface area contributed by atoms with E-state index in [0.29, 0.717) is 0 Å². The molecule has 1 aliphatic carbocycles. The van der Waals surface area contributed by atoms with Crippen LogP contribution in [0.25, 0.3) is 104 Å². The Kier molecular flexibility index (Phi) is 8.66. The average molecular weight is 879 g/mol. The van der Waals surface area contributed by atoms with Gasteiger partial charge in [0.1, 0.15) is 0 Å². The number of para-hydroxylation sites is 1. The van der Waals surface area contributed by atoms with E-state index >= 15 is 0 Å². The van der Waals surface area contributed by atoms with Crippen LogP contribution in [0.3, 0.4) is 0 Å². The molecule has 1 aromatic heterocycles. The molecule has 2 heteroatoms. The van der Waals surface area contributed by atoms with Gasteiger partial charge in [0.2, 0.25) is 0 Å². The lowest BCUT2D eigenvalue weighted by molar-refractivity contribution is 0.660. The van der Waals surface area contributed by atoms with Gasteiger partial charge in [-0.3, -0.25) is 0 Å². The van der Waals surface area contributed by atoms with E-state index in [4.69, 9.17) is 0 Å². The summed E-state index contributed by atoms with van der Waals surface area (Å²) in [5.41, 5.74) is 17.1. The molecule has 69 heavy (non-hydrogen) atoms. The standard InChI is InChI=1S/C67H46N2/c1-67(2)61-26-14-12-22-54(61)55-39-38-51(41-62(55)67)68(48-33-28-45(29-34-48)43-16-4-3-5-17-43)49-35-31-46(32-36-49)59-42-60-53-21-9-11-24-57(53)66-65(64(60)56-23-10-8-20-52(56)59)58-25-13-15-27-63(58)69(66)50-37-30-44-18-6-7-19-47(44)40-50/h3-42H,1-2H3. The van der Waals surface area contributed by atoms with Crippen molar-refractivity contribution in [2.75, 3.05) is 4.90 Å². The Labute approximate surface area is 401 Å². The van der Waals surface area contributed by atoms with Crippen LogP contribution in [0, 0.1) is 0 Å². The fraction of sp³-hybridized carbons (Fsp3) is 0.0448. The van der Waals surface area contributed by atoms with Crippen molar-refractivity contribution in [1.29, 1.82) is 0 Å². The van der Waals surface area contributed by atoms with Gasteiger partial charge in [0.25, 0.3) is 0 Å². The second kappa shape index (κ2) is 15.2. The normalized spacial score (nSPS) is 12.9. The number of aromatic nitrogens is 1. The minimum atomic E-state index is -0.118. The first-order valence-corrected chi connectivity index (χ1v) is 24.1. The lowest BCUT2D eigenvalue weighted by atomic mass is 9.82. The highest BCUT2D eigenvalue weighted by Gasteiger charge is 2.36. The Bertz CT molecular complexity index is 4200. The van der Waals surface area contributed by atoms with E-state index < -0.39 is 0 Å². The molecule has 0 unspecified atom stereocenters. The summed E-state index contributed by atoms with van der Waals surface area (Å²) in [6.45, 7) is 4.72. The SMILES string of the molecule is CC1(C)c2ccccc2-c2ccc(N(c3ccc(-c4ccccc4)cc3)c3ccc(-c4cc5c6ccccc6c6c(c7ccccc7n6-c6ccc7ccccc7c6)c5c5ccccc45)cc3)cc21. The molecule has 0 bridgehead atoms. The van der Waals surface area contributed by atoms with Gasteiger partial charge in [-0.05, 0) is 137 Å². The van der Waals surface area contributed by atoms with E-state index in [1.54, 1.807) is 0 Å². The molecule has 12 aromatic carbocycles. The van der Waals surface area contributed by atoms with Crippen molar-refractivity contribution in [1.82, 2.24) is 4.57 Å². The fourth-order valence-electron chi connectivity index (χ4n) is 11.9. The zero-order chi connectivity index (χ0) is 45.8. The molecular weight excluding hydrogens is 833 g/mol. The molecular formula is C67H46N2. The molecule has 0 N–H and O–H groups in total. The van der Waals surface area contributed by atoms with Crippen LogP contribution in [0.4, 0.5) is 17.1 Å². The molecule has 0 saturated carbocycles. The largest absolute Gasteiger partial charge is 0.310 e. The maximum absolute atomic E-state index is 2.50. The molecule has 0 spiro atoms. The Balaban J connectivity index is 0.958. The lowest BCUT2D eigenvalue weighted by Crippen LogP contribution is -2.16. The maximum Gasteiger partial charge on any atom is 0.0626 e. The van der Waals surface area contributed by atoms with Gasteiger partial charge in [0.05, 0.1) is 11.0 Å². The fourth-order valence-corrected chi connectivity index (χ4v) is 11.9. The van der Waals surface area contributed by atoms with E-state index in [1.807, 2.05) is 0 Å². The summed E-state index contributed by atoms with van der Waals surface area (Å²) in [5, 5.41) is 12.6. The number of hydrogen-bond donors (Lipinski definition) is 0. The summed E-state index contributed by atoms with van der Waals surface area (Å²) in [4.78, 5) is 2.42. The van der Waals surface area contributed by atoms with Crippen LogP contribution >= 0.6 is 0 Å². The Morgan fingerprint density at radius 2 is 0.913 bits per heavy atom. The number of nitrogens with zero attached hydrogens (tertiary/aromatic N) is 2. The van der Waals surface area contributed by atoms with Crippen LogP contribution in [0.2, 0.25) is 0 Å². The lowest BCUT2D eigenvalue weighted by Gasteiger charge is -2.28. The van der Waals surface area contributed by atoms with Crippen molar-refractivity contribution in [3.8, 4) is 39.1 Å². The smallest absolute Gasteiger partial charge is 0.0626 e. The second-order valence-electron chi connectivity index (χ2n) is 19.2. The quantitative estimate of drug-likeness (QED) is 0.151. The van der Waals surface area contributed by atoms with Gasteiger partial charge < -0.3 is 9.47 Å². The van der Waals surface area contributed by atoms with Crippen molar-refractivity contribution in [3.63, 3.8) is 0 Å². The number of benzene rings is 12. The minimum absolute atomic E-state index is 0.118. The summed E-state index contributed by atoms with van der Waals surface area (Å²) in [7, 11) is 0. The molecule has 0 radical (unpaired) electrons. The summed E-state index contributed by atoms with van der Waals surface area (Å²) < 4.78 is 2.50. The molecule has 0 aliphatic heterocycles. The molecule has 0 atom stereocenters. The minimum Gasteiger partial charge on any atom is -0.310 e. The Morgan fingerprint density at radius 1 is 0.333 bits per heavy atom. The zero-order valence-electron chi connectivity index (χ0n) is 38.5. The van der Waals surface area contributed by atoms with Gasteiger partial charge in [-0.2, -0.15) is 0 Å². The van der Waals surface area contributed by atoms with E-state index in [2.05, 4.69) is 266 Å². The van der Waals surface area contributed by atoms with Crippen molar-refractivity contribution < 1.29 is 0 Å². The molecule has 1 heterocycles. The van der Waals surface area contributed by atoms with Crippen LogP contribution in [-0.2, 0) is 5.41 Å². The third-order valence-corrected chi connectivity index (χ3v) is 15.1. The van der Waals surface area contributed by atoms with Crippen LogP contribution in [0.1, 0.15) is 25.0 Å². The predicted molar refractivity (Wildman–Crippen MR) is 294 cm³/mol. The first-order chi connectivity index (χ1) is 34.0. The van der Waals surface area contributed by atoms with Gasteiger partial charge in [-0.1, -0.05) is 196 Å². The summed E-state index contributed by atoms with van der Waals surface area (Å²) in [6, 6.07) is 89.9. The second-order valence-corrected chi connectivity index (χ2v) is 19.2. The summed E-state index contributed by atoms with van der Waals surface area (Å²) in [5.74, 6) is 0. The first kappa shape index (κ1) is 39.4. The van der Waals surface area contributed by atoms with E-state index in [0.717, 1.165) is 17.1 Å². The highest BCUT2D eigenvalue weighted by Crippen LogP contribution is 2.52. The molecule has 2 nitrogen and oxygen atoms in total. The third kappa shape index (κ3) is 5.98. The monoisotopic (exact) mass is 878 g/mol.